The summed E-state index contributed by atoms with van der Waals surface area (Å²) >= 11 is 0. The highest BCUT2D eigenvalue weighted by Gasteiger charge is 2.17. The second-order valence-electron chi connectivity index (χ2n) is 4.69. The number of carbonyl (C=O) groups is 1. The zero-order valence-electron chi connectivity index (χ0n) is 11.1. The molecule has 0 radical (unpaired) electrons. The summed E-state index contributed by atoms with van der Waals surface area (Å²) in [4.78, 5) is 13.2. The van der Waals surface area contributed by atoms with E-state index in [2.05, 4.69) is 26.0 Å². The van der Waals surface area contributed by atoms with Crippen molar-refractivity contribution in [3.05, 3.63) is 35.4 Å². The molecule has 0 heterocycles. The van der Waals surface area contributed by atoms with Gasteiger partial charge >= 0.3 is 0 Å². The van der Waals surface area contributed by atoms with Gasteiger partial charge in [-0.25, -0.2) is 0 Å². The molecule has 0 saturated carbocycles. The Hall–Kier alpha value is -1.35. The summed E-state index contributed by atoms with van der Waals surface area (Å²) in [5, 5.41) is 0. The van der Waals surface area contributed by atoms with Crippen molar-refractivity contribution in [3.8, 4) is 0 Å². The van der Waals surface area contributed by atoms with Crippen molar-refractivity contribution < 1.29 is 4.79 Å². The lowest BCUT2D eigenvalue weighted by Gasteiger charge is -2.17. The van der Waals surface area contributed by atoms with E-state index in [0.29, 0.717) is 5.92 Å². The average Bonchev–Trinajstić information content (AvgIpc) is 2.36. The Morgan fingerprint density at radius 2 is 1.71 bits per heavy atom. The van der Waals surface area contributed by atoms with Crippen LogP contribution in [0.4, 0.5) is 0 Å². The molecule has 17 heavy (non-hydrogen) atoms. The Kier molecular flexibility index (Phi) is 4.70. The van der Waals surface area contributed by atoms with Crippen molar-refractivity contribution in [2.75, 3.05) is 14.1 Å². The summed E-state index contributed by atoms with van der Waals surface area (Å²) in [7, 11) is 3.44. The third-order valence-corrected chi connectivity index (χ3v) is 3.18. The summed E-state index contributed by atoms with van der Waals surface area (Å²) in [6.07, 6.45) is 1.11. The van der Waals surface area contributed by atoms with E-state index in [1.165, 1.54) is 10.5 Å². The SMILES string of the molecule is CCC(C)c1ccc(C(N)C(=O)N(C)C)cc1. The lowest BCUT2D eigenvalue weighted by Crippen LogP contribution is -2.33. The summed E-state index contributed by atoms with van der Waals surface area (Å²) in [5.41, 5.74) is 8.07. The molecule has 3 heteroatoms. The number of nitrogens with two attached hydrogens (primary N) is 1. The van der Waals surface area contributed by atoms with Gasteiger partial charge in [-0.2, -0.15) is 0 Å². The number of benzene rings is 1. The van der Waals surface area contributed by atoms with E-state index in [4.69, 9.17) is 5.73 Å². The molecule has 0 spiro atoms. The number of hydrogen-bond acceptors (Lipinski definition) is 2. The molecule has 0 aliphatic heterocycles. The van der Waals surface area contributed by atoms with Gasteiger partial charge in [-0.3, -0.25) is 4.79 Å². The quantitative estimate of drug-likeness (QED) is 0.868. The molecule has 3 nitrogen and oxygen atoms in total. The molecule has 2 N–H and O–H groups in total. The molecular weight excluding hydrogens is 212 g/mol. The molecule has 94 valence electrons. The van der Waals surface area contributed by atoms with Gasteiger partial charge in [-0.15, -0.1) is 0 Å². The van der Waals surface area contributed by atoms with E-state index >= 15 is 0 Å². The van der Waals surface area contributed by atoms with Crippen LogP contribution in [0.3, 0.4) is 0 Å². The van der Waals surface area contributed by atoms with Gasteiger partial charge in [0.15, 0.2) is 0 Å². The van der Waals surface area contributed by atoms with E-state index in [9.17, 15) is 4.79 Å². The van der Waals surface area contributed by atoms with Gasteiger partial charge in [0.05, 0.1) is 0 Å². The maximum atomic E-state index is 11.7. The van der Waals surface area contributed by atoms with E-state index in [0.717, 1.165) is 12.0 Å². The van der Waals surface area contributed by atoms with Crippen molar-refractivity contribution in [3.63, 3.8) is 0 Å². The molecule has 1 aromatic rings. The Labute approximate surface area is 104 Å². The minimum atomic E-state index is -0.559. The topological polar surface area (TPSA) is 46.3 Å². The smallest absolute Gasteiger partial charge is 0.243 e. The molecule has 0 aliphatic rings. The third-order valence-electron chi connectivity index (χ3n) is 3.18. The second kappa shape index (κ2) is 5.82. The highest BCUT2D eigenvalue weighted by atomic mass is 16.2. The number of carbonyl (C=O) groups excluding carboxylic acids is 1. The maximum absolute atomic E-state index is 11.7. The first kappa shape index (κ1) is 13.7. The zero-order chi connectivity index (χ0) is 13.0. The second-order valence-corrected chi connectivity index (χ2v) is 4.69. The Morgan fingerprint density at radius 3 is 2.12 bits per heavy atom. The van der Waals surface area contributed by atoms with Crippen molar-refractivity contribution in [2.24, 2.45) is 5.73 Å². The molecule has 0 aromatic heterocycles. The van der Waals surface area contributed by atoms with Gasteiger partial charge in [-0.1, -0.05) is 38.1 Å². The van der Waals surface area contributed by atoms with Crippen molar-refractivity contribution in [1.82, 2.24) is 4.90 Å². The maximum Gasteiger partial charge on any atom is 0.243 e. The highest BCUT2D eigenvalue weighted by Crippen LogP contribution is 2.21. The minimum absolute atomic E-state index is 0.0683. The molecule has 2 atom stereocenters. The number of hydrogen-bond donors (Lipinski definition) is 1. The molecule has 0 bridgehead atoms. The summed E-state index contributed by atoms with van der Waals surface area (Å²) in [5.74, 6) is 0.478. The summed E-state index contributed by atoms with van der Waals surface area (Å²) in [6.45, 7) is 4.36. The lowest BCUT2D eigenvalue weighted by atomic mass is 9.96. The van der Waals surface area contributed by atoms with E-state index < -0.39 is 6.04 Å². The molecule has 1 rings (SSSR count). The van der Waals surface area contributed by atoms with Gasteiger partial charge in [-0.05, 0) is 23.5 Å². The van der Waals surface area contributed by atoms with Crippen LogP contribution >= 0.6 is 0 Å². The summed E-state index contributed by atoms with van der Waals surface area (Å²) in [6, 6.07) is 7.47. The summed E-state index contributed by atoms with van der Waals surface area (Å²) < 4.78 is 0. The zero-order valence-corrected chi connectivity index (χ0v) is 11.1. The molecule has 0 fully saturated rings. The first-order valence-electron chi connectivity index (χ1n) is 6.04. The lowest BCUT2D eigenvalue weighted by molar-refractivity contribution is -0.130. The first-order valence-corrected chi connectivity index (χ1v) is 6.04. The molecule has 0 saturated heterocycles. The van der Waals surface area contributed by atoms with E-state index in [1.54, 1.807) is 14.1 Å². The fourth-order valence-electron chi connectivity index (χ4n) is 1.69. The third kappa shape index (κ3) is 3.30. The average molecular weight is 234 g/mol. The number of rotatable bonds is 4. The van der Waals surface area contributed by atoms with Gasteiger partial charge in [0.1, 0.15) is 6.04 Å². The van der Waals surface area contributed by atoms with Crippen molar-refractivity contribution in [1.29, 1.82) is 0 Å². The van der Waals surface area contributed by atoms with E-state index in [1.807, 2.05) is 12.1 Å². The molecule has 0 aliphatic carbocycles. The van der Waals surface area contributed by atoms with Crippen LogP contribution < -0.4 is 5.73 Å². The number of likely N-dealkylation sites (N-methyl/N-ethyl adjacent to an activating group) is 1. The molecule has 2 unspecified atom stereocenters. The molecule has 1 aromatic carbocycles. The Balaban J connectivity index is 2.84. The van der Waals surface area contributed by atoms with Crippen LogP contribution in [0.25, 0.3) is 0 Å². The first-order chi connectivity index (χ1) is 7.97. The van der Waals surface area contributed by atoms with E-state index in [-0.39, 0.29) is 5.91 Å². The monoisotopic (exact) mass is 234 g/mol. The Morgan fingerprint density at radius 1 is 1.24 bits per heavy atom. The van der Waals surface area contributed by atoms with Gasteiger partial charge in [0.2, 0.25) is 5.91 Å². The van der Waals surface area contributed by atoms with Crippen molar-refractivity contribution >= 4 is 5.91 Å². The fraction of sp³-hybridized carbons (Fsp3) is 0.500. The van der Waals surface area contributed by atoms with Crippen LogP contribution in [0.2, 0.25) is 0 Å². The highest BCUT2D eigenvalue weighted by molar-refractivity contribution is 5.82. The standard InChI is InChI=1S/C14H22N2O/c1-5-10(2)11-6-8-12(9-7-11)13(15)14(17)16(3)4/h6-10,13H,5,15H2,1-4H3. The fourth-order valence-corrected chi connectivity index (χ4v) is 1.69. The normalized spacial score (nSPS) is 14.2. The van der Waals surface area contributed by atoms with Crippen LogP contribution in [0.5, 0.6) is 0 Å². The van der Waals surface area contributed by atoms with Crippen molar-refractivity contribution in [2.45, 2.75) is 32.2 Å². The number of nitrogens with zero attached hydrogens (tertiary/aromatic N) is 1. The minimum Gasteiger partial charge on any atom is -0.347 e. The molecular formula is C14H22N2O. The largest absolute Gasteiger partial charge is 0.347 e. The van der Waals surface area contributed by atoms with Gasteiger partial charge in [0, 0.05) is 14.1 Å². The Bertz CT molecular complexity index is 370. The van der Waals surface area contributed by atoms with Gasteiger partial charge in [0.25, 0.3) is 0 Å². The van der Waals surface area contributed by atoms with Crippen LogP contribution in [0.15, 0.2) is 24.3 Å². The van der Waals surface area contributed by atoms with Crippen LogP contribution in [-0.2, 0) is 4.79 Å². The van der Waals surface area contributed by atoms with Gasteiger partial charge < -0.3 is 10.6 Å². The predicted molar refractivity (Wildman–Crippen MR) is 70.8 cm³/mol. The van der Waals surface area contributed by atoms with Crippen LogP contribution in [0.1, 0.15) is 43.4 Å². The van der Waals surface area contributed by atoms with Crippen LogP contribution in [-0.4, -0.2) is 24.9 Å². The molecule has 1 amide bonds. The predicted octanol–water partition coefficient (Wildman–Crippen LogP) is 2.29. The number of amides is 1. The van der Waals surface area contributed by atoms with Crippen LogP contribution in [0, 0.1) is 0 Å².